The summed E-state index contributed by atoms with van der Waals surface area (Å²) in [6.07, 6.45) is -0.209. The summed E-state index contributed by atoms with van der Waals surface area (Å²) >= 11 is 0. The minimum atomic E-state index is -4.54. The fourth-order valence-corrected chi connectivity index (χ4v) is 3.81. The number of rotatable bonds is 6. The van der Waals surface area contributed by atoms with Crippen molar-refractivity contribution in [1.29, 1.82) is 0 Å². The molecule has 3 aromatic rings. The molecule has 0 bridgehead atoms. The van der Waals surface area contributed by atoms with Crippen LogP contribution in [-0.4, -0.2) is 23.9 Å². The molecule has 1 aliphatic heterocycles. The Morgan fingerprint density at radius 2 is 1.82 bits per heavy atom. The van der Waals surface area contributed by atoms with Gasteiger partial charge in [0.15, 0.2) is 0 Å². The normalized spacial score (nSPS) is 14.0. The molecule has 176 valence electrons. The molecule has 2 heterocycles. The Balaban J connectivity index is 1.53. The number of furan rings is 1. The number of nitrogens with zero attached hydrogens (tertiary/aromatic N) is 2. The van der Waals surface area contributed by atoms with Crippen molar-refractivity contribution in [3.05, 3.63) is 82.1 Å². The van der Waals surface area contributed by atoms with Gasteiger partial charge in [0.2, 0.25) is 5.91 Å². The number of anilines is 2. The molecule has 0 saturated carbocycles. The average molecular weight is 471 g/mol. The van der Waals surface area contributed by atoms with Crippen LogP contribution in [0.15, 0.2) is 65.1 Å². The molecule has 0 spiro atoms. The zero-order valence-corrected chi connectivity index (χ0v) is 17.8. The van der Waals surface area contributed by atoms with Crippen LogP contribution >= 0.6 is 0 Å². The molecule has 1 fully saturated rings. The van der Waals surface area contributed by atoms with Gasteiger partial charge >= 0.3 is 6.18 Å². The van der Waals surface area contributed by atoms with Gasteiger partial charge in [0.1, 0.15) is 11.5 Å². The summed E-state index contributed by atoms with van der Waals surface area (Å²) in [6, 6.07) is 12.5. The van der Waals surface area contributed by atoms with E-state index in [1.165, 1.54) is 30.3 Å². The third-order valence-electron chi connectivity index (χ3n) is 5.42. The molecule has 0 aliphatic carbocycles. The minimum Gasteiger partial charge on any atom is -0.456 e. The molecular weight excluding hydrogens is 451 g/mol. The van der Waals surface area contributed by atoms with E-state index in [2.05, 4.69) is 5.32 Å². The third kappa shape index (κ3) is 5.11. The quantitative estimate of drug-likeness (QED) is 0.266. The van der Waals surface area contributed by atoms with Crippen LogP contribution in [0.25, 0.3) is 17.4 Å². The van der Waals surface area contributed by atoms with Crippen molar-refractivity contribution in [2.45, 2.75) is 19.0 Å². The van der Waals surface area contributed by atoms with Crippen LogP contribution in [0.1, 0.15) is 24.2 Å². The molecule has 1 aliphatic rings. The zero-order chi connectivity index (χ0) is 24.3. The summed E-state index contributed by atoms with van der Waals surface area (Å²) in [4.78, 5) is 25.1. The average Bonchev–Trinajstić information content (AvgIpc) is 3.49. The number of hydrogen-bond donors (Lipinski definition) is 1. The van der Waals surface area contributed by atoms with E-state index in [4.69, 9.17) is 4.42 Å². The van der Waals surface area contributed by atoms with Crippen LogP contribution < -0.4 is 10.2 Å². The molecule has 10 heteroatoms. The molecule has 1 aromatic heterocycles. The van der Waals surface area contributed by atoms with E-state index in [1.807, 2.05) is 4.90 Å². The number of nitro benzene ring substituents is 1. The van der Waals surface area contributed by atoms with Crippen molar-refractivity contribution in [1.82, 2.24) is 0 Å². The smallest absolute Gasteiger partial charge is 0.416 e. The number of hydrogen-bond acceptors (Lipinski definition) is 5. The zero-order valence-electron chi connectivity index (χ0n) is 17.8. The van der Waals surface area contributed by atoms with Crippen LogP contribution in [0.3, 0.4) is 0 Å². The summed E-state index contributed by atoms with van der Waals surface area (Å²) in [5.74, 6) is -0.128. The topological polar surface area (TPSA) is 88.6 Å². The summed E-state index contributed by atoms with van der Waals surface area (Å²) in [7, 11) is 0. The summed E-state index contributed by atoms with van der Waals surface area (Å²) < 4.78 is 45.2. The highest BCUT2D eigenvalue weighted by Crippen LogP contribution is 2.36. The molecular formula is C24H20F3N3O4. The third-order valence-corrected chi connectivity index (χ3v) is 5.42. The summed E-state index contributed by atoms with van der Waals surface area (Å²) in [5.41, 5.74) is -0.0786. The van der Waals surface area contributed by atoms with Crippen molar-refractivity contribution in [3.8, 4) is 11.3 Å². The van der Waals surface area contributed by atoms with Gasteiger partial charge in [-0.1, -0.05) is 12.1 Å². The molecule has 0 atom stereocenters. The van der Waals surface area contributed by atoms with E-state index in [0.29, 0.717) is 18.8 Å². The van der Waals surface area contributed by atoms with Gasteiger partial charge in [-0.05, 0) is 55.3 Å². The van der Waals surface area contributed by atoms with Crippen LogP contribution in [0, 0.1) is 10.1 Å². The predicted molar refractivity (Wildman–Crippen MR) is 121 cm³/mol. The first-order chi connectivity index (χ1) is 16.2. The van der Waals surface area contributed by atoms with Crippen LogP contribution in [0.4, 0.5) is 30.2 Å². The van der Waals surface area contributed by atoms with Crippen molar-refractivity contribution in [2.75, 3.05) is 23.3 Å². The van der Waals surface area contributed by atoms with Gasteiger partial charge < -0.3 is 14.6 Å². The highest BCUT2D eigenvalue weighted by atomic mass is 19.4. The Morgan fingerprint density at radius 3 is 2.53 bits per heavy atom. The standard InChI is InChI=1S/C24H20F3N3O4/c25-24(26,27)16-7-10-21(29-13-3-4-14-29)19(15-16)28-23(31)12-9-17-8-11-22(34-17)18-5-1-2-6-20(18)30(32)33/h1-2,5-12,15H,3-4,13-14H2,(H,28,31)/b12-9+. The number of halogens is 3. The van der Waals surface area contributed by atoms with Crippen molar-refractivity contribution >= 4 is 29.0 Å². The highest BCUT2D eigenvalue weighted by molar-refractivity contribution is 6.03. The second-order valence-corrected chi connectivity index (χ2v) is 7.72. The molecule has 0 radical (unpaired) electrons. The Hall–Kier alpha value is -4.08. The number of amides is 1. The summed E-state index contributed by atoms with van der Waals surface area (Å²) in [5, 5.41) is 13.8. The molecule has 34 heavy (non-hydrogen) atoms. The fraction of sp³-hybridized carbons (Fsp3) is 0.208. The van der Waals surface area contributed by atoms with Gasteiger partial charge in [0.25, 0.3) is 5.69 Å². The monoisotopic (exact) mass is 471 g/mol. The lowest BCUT2D eigenvalue weighted by atomic mass is 10.1. The van der Waals surface area contributed by atoms with E-state index >= 15 is 0 Å². The summed E-state index contributed by atoms with van der Waals surface area (Å²) in [6.45, 7) is 1.40. The Morgan fingerprint density at radius 1 is 1.09 bits per heavy atom. The Kier molecular flexibility index (Phi) is 6.40. The van der Waals surface area contributed by atoms with E-state index in [0.717, 1.165) is 31.1 Å². The lowest BCUT2D eigenvalue weighted by Crippen LogP contribution is -2.21. The molecule has 7 nitrogen and oxygen atoms in total. The first-order valence-electron chi connectivity index (χ1n) is 10.5. The maximum Gasteiger partial charge on any atom is 0.416 e. The van der Waals surface area contributed by atoms with Crippen LogP contribution in [-0.2, 0) is 11.0 Å². The predicted octanol–water partition coefficient (Wildman–Crippen LogP) is 6.13. The van der Waals surface area contributed by atoms with Crippen LogP contribution in [0.5, 0.6) is 0 Å². The van der Waals surface area contributed by atoms with Gasteiger partial charge in [-0.2, -0.15) is 13.2 Å². The second kappa shape index (κ2) is 9.42. The molecule has 1 N–H and O–H groups in total. The maximum atomic E-state index is 13.2. The number of nitro groups is 1. The molecule has 2 aromatic carbocycles. The van der Waals surface area contributed by atoms with Gasteiger partial charge in [-0.15, -0.1) is 0 Å². The first-order valence-corrected chi connectivity index (χ1v) is 10.5. The van der Waals surface area contributed by atoms with E-state index in [1.54, 1.807) is 18.2 Å². The number of nitrogens with one attached hydrogen (secondary N) is 1. The molecule has 4 rings (SSSR count). The number of carbonyl (C=O) groups excluding carboxylic acids is 1. The number of para-hydroxylation sites is 1. The maximum absolute atomic E-state index is 13.2. The number of alkyl halides is 3. The molecule has 1 amide bonds. The lowest BCUT2D eigenvalue weighted by molar-refractivity contribution is -0.384. The fourth-order valence-electron chi connectivity index (χ4n) is 3.81. The van der Waals surface area contributed by atoms with E-state index in [-0.39, 0.29) is 28.5 Å². The number of benzene rings is 2. The van der Waals surface area contributed by atoms with Gasteiger partial charge in [0, 0.05) is 25.2 Å². The highest BCUT2D eigenvalue weighted by Gasteiger charge is 2.32. The van der Waals surface area contributed by atoms with Gasteiger partial charge in [-0.25, -0.2) is 0 Å². The van der Waals surface area contributed by atoms with Gasteiger partial charge in [-0.3, -0.25) is 14.9 Å². The van der Waals surface area contributed by atoms with Crippen molar-refractivity contribution in [2.24, 2.45) is 0 Å². The van der Waals surface area contributed by atoms with E-state index in [9.17, 15) is 28.1 Å². The Labute approximate surface area is 192 Å². The Bertz CT molecular complexity index is 1240. The molecule has 1 saturated heterocycles. The van der Waals surface area contributed by atoms with Crippen LogP contribution in [0.2, 0.25) is 0 Å². The van der Waals surface area contributed by atoms with Crippen molar-refractivity contribution in [3.63, 3.8) is 0 Å². The van der Waals surface area contributed by atoms with Crippen molar-refractivity contribution < 1.29 is 27.3 Å². The van der Waals surface area contributed by atoms with E-state index < -0.39 is 22.6 Å². The number of carbonyl (C=O) groups is 1. The lowest BCUT2D eigenvalue weighted by Gasteiger charge is -2.22. The SMILES string of the molecule is O=C(/C=C/c1ccc(-c2ccccc2[N+](=O)[O-])o1)Nc1cc(C(F)(F)F)ccc1N1CCCC1. The molecule has 0 unspecified atom stereocenters. The largest absolute Gasteiger partial charge is 0.456 e. The minimum absolute atomic E-state index is 0.0754. The first kappa shape index (κ1) is 23.1. The second-order valence-electron chi connectivity index (χ2n) is 7.72. The van der Waals surface area contributed by atoms with Gasteiger partial charge in [0.05, 0.1) is 27.4 Å².